The van der Waals surface area contributed by atoms with Gasteiger partial charge in [0.05, 0.1) is 5.56 Å². The summed E-state index contributed by atoms with van der Waals surface area (Å²) in [7, 11) is 0. The second-order valence-electron chi connectivity index (χ2n) is 6.08. The molecule has 0 bridgehead atoms. The zero-order chi connectivity index (χ0) is 18.4. The standard InChI is InChI=1S/C17H21F3N2O3/c1-11(25-14-9-7-12(8-10-14)17(18,19)20)15(23)22-16(24)21-13-5-3-2-4-6-13/h7-11,13H,2-6H2,1H3,(H2,21,22,23,24)/t11-/m0/s1. The number of urea groups is 1. The van der Waals surface area contributed by atoms with Gasteiger partial charge in [0.25, 0.3) is 5.91 Å². The molecule has 1 saturated carbocycles. The van der Waals surface area contributed by atoms with Gasteiger partial charge in [0.2, 0.25) is 0 Å². The van der Waals surface area contributed by atoms with Gasteiger partial charge in [0, 0.05) is 6.04 Å². The fraction of sp³-hybridized carbons (Fsp3) is 0.529. The van der Waals surface area contributed by atoms with E-state index < -0.39 is 29.8 Å². The molecular weight excluding hydrogens is 337 g/mol. The minimum atomic E-state index is -4.43. The van der Waals surface area contributed by atoms with Crippen LogP contribution >= 0.6 is 0 Å². The summed E-state index contributed by atoms with van der Waals surface area (Å²) in [4.78, 5) is 23.8. The molecule has 5 nitrogen and oxygen atoms in total. The topological polar surface area (TPSA) is 67.4 Å². The van der Waals surface area contributed by atoms with Gasteiger partial charge in [0.15, 0.2) is 6.10 Å². The van der Waals surface area contributed by atoms with E-state index in [0.29, 0.717) is 0 Å². The average Bonchev–Trinajstić information content (AvgIpc) is 2.55. The van der Waals surface area contributed by atoms with Crippen LogP contribution in [0.3, 0.4) is 0 Å². The van der Waals surface area contributed by atoms with Crippen molar-refractivity contribution < 1.29 is 27.5 Å². The Morgan fingerprint density at radius 1 is 1.12 bits per heavy atom. The Balaban J connectivity index is 1.82. The molecule has 0 unspecified atom stereocenters. The van der Waals surface area contributed by atoms with Gasteiger partial charge in [-0.1, -0.05) is 19.3 Å². The van der Waals surface area contributed by atoms with Gasteiger partial charge in [-0.15, -0.1) is 0 Å². The molecular formula is C17H21F3N2O3. The molecule has 0 aromatic heterocycles. The maximum absolute atomic E-state index is 12.5. The number of hydrogen-bond donors (Lipinski definition) is 2. The van der Waals surface area contributed by atoms with E-state index in [-0.39, 0.29) is 11.8 Å². The predicted octanol–water partition coefficient (Wildman–Crippen LogP) is 3.63. The summed E-state index contributed by atoms with van der Waals surface area (Å²) in [5.74, 6) is -0.545. The molecule has 0 saturated heterocycles. The van der Waals surface area contributed by atoms with Crippen LogP contribution in [0.4, 0.5) is 18.0 Å². The lowest BCUT2D eigenvalue weighted by Crippen LogP contribution is -2.48. The molecule has 1 aliphatic rings. The Kier molecular flexibility index (Phi) is 6.27. The van der Waals surface area contributed by atoms with Gasteiger partial charge in [0.1, 0.15) is 5.75 Å². The van der Waals surface area contributed by atoms with E-state index in [1.807, 2.05) is 0 Å². The summed E-state index contributed by atoms with van der Waals surface area (Å²) in [5.41, 5.74) is -0.802. The molecule has 2 N–H and O–H groups in total. The average molecular weight is 358 g/mol. The van der Waals surface area contributed by atoms with Crippen molar-refractivity contribution >= 4 is 11.9 Å². The number of imide groups is 1. The van der Waals surface area contributed by atoms with E-state index in [0.717, 1.165) is 56.4 Å². The lowest BCUT2D eigenvalue weighted by molar-refractivity contribution is -0.137. The van der Waals surface area contributed by atoms with E-state index in [2.05, 4.69) is 10.6 Å². The van der Waals surface area contributed by atoms with Gasteiger partial charge in [-0.3, -0.25) is 10.1 Å². The fourth-order valence-corrected chi connectivity index (χ4v) is 2.66. The van der Waals surface area contributed by atoms with Gasteiger partial charge < -0.3 is 10.1 Å². The minimum Gasteiger partial charge on any atom is -0.481 e. The first-order valence-electron chi connectivity index (χ1n) is 8.21. The summed E-state index contributed by atoms with van der Waals surface area (Å²) in [6, 6.07) is 3.49. The summed E-state index contributed by atoms with van der Waals surface area (Å²) in [5, 5.41) is 4.93. The van der Waals surface area contributed by atoms with E-state index >= 15 is 0 Å². The van der Waals surface area contributed by atoms with Crippen molar-refractivity contribution in [2.45, 2.75) is 57.3 Å². The second-order valence-corrected chi connectivity index (χ2v) is 6.08. The zero-order valence-corrected chi connectivity index (χ0v) is 13.9. The van der Waals surface area contributed by atoms with Crippen LogP contribution in [0.2, 0.25) is 0 Å². The van der Waals surface area contributed by atoms with E-state index in [1.54, 1.807) is 0 Å². The van der Waals surface area contributed by atoms with Crippen LogP contribution in [0.1, 0.15) is 44.6 Å². The van der Waals surface area contributed by atoms with E-state index in [9.17, 15) is 22.8 Å². The Morgan fingerprint density at radius 3 is 2.28 bits per heavy atom. The lowest BCUT2D eigenvalue weighted by Gasteiger charge is -2.23. The number of amides is 3. The molecule has 25 heavy (non-hydrogen) atoms. The number of carbonyl (C=O) groups is 2. The highest BCUT2D eigenvalue weighted by Gasteiger charge is 2.30. The van der Waals surface area contributed by atoms with Crippen LogP contribution in [0.5, 0.6) is 5.75 Å². The normalized spacial score (nSPS) is 16.8. The van der Waals surface area contributed by atoms with Crippen molar-refractivity contribution in [1.29, 1.82) is 0 Å². The van der Waals surface area contributed by atoms with Gasteiger partial charge in [-0.25, -0.2) is 4.79 Å². The number of alkyl halides is 3. The van der Waals surface area contributed by atoms with Crippen LogP contribution in [-0.4, -0.2) is 24.1 Å². The monoisotopic (exact) mass is 358 g/mol. The molecule has 1 atom stereocenters. The summed E-state index contributed by atoms with van der Waals surface area (Å²) in [6.45, 7) is 1.42. The number of rotatable bonds is 4. The highest BCUT2D eigenvalue weighted by Crippen LogP contribution is 2.30. The fourth-order valence-electron chi connectivity index (χ4n) is 2.66. The first-order valence-corrected chi connectivity index (χ1v) is 8.21. The first kappa shape index (κ1) is 19.1. The third-order valence-electron chi connectivity index (χ3n) is 4.04. The van der Waals surface area contributed by atoms with Crippen molar-refractivity contribution in [1.82, 2.24) is 10.6 Å². The second kappa shape index (κ2) is 8.22. The molecule has 0 heterocycles. The van der Waals surface area contributed by atoms with Crippen LogP contribution in [0.15, 0.2) is 24.3 Å². The van der Waals surface area contributed by atoms with Crippen molar-refractivity contribution in [2.75, 3.05) is 0 Å². The van der Waals surface area contributed by atoms with Gasteiger partial charge in [-0.2, -0.15) is 13.2 Å². The highest BCUT2D eigenvalue weighted by atomic mass is 19.4. The Hall–Kier alpha value is -2.25. The van der Waals surface area contributed by atoms with Crippen LogP contribution in [-0.2, 0) is 11.0 Å². The maximum Gasteiger partial charge on any atom is 0.416 e. The molecule has 1 aliphatic carbocycles. The maximum atomic E-state index is 12.5. The number of halogens is 3. The minimum absolute atomic E-state index is 0.0627. The molecule has 3 amide bonds. The van der Waals surface area contributed by atoms with Crippen molar-refractivity contribution in [3.8, 4) is 5.75 Å². The molecule has 0 radical (unpaired) electrons. The molecule has 1 aromatic carbocycles. The molecule has 0 aliphatic heterocycles. The lowest BCUT2D eigenvalue weighted by atomic mass is 9.96. The highest BCUT2D eigenvalue weighted by molar-refractivity contribution is 5.96. The SMILES string of the molecule is C[C@H](Oc1ccc(C(F)(F)F)cc1)C(=O)NC(=O)NC1CCCCC1. The zero-order valence-electron chi connectivity index (χ0n) is 13.9. The Morgan fingerprint density at radius 2 is 1.72 bits per heavy atom. The number of ether oxygens (including phenoxy) is 1. The number of benzene rings is 1. The quantitative estimate of drug-likeness (QED) is 0.864. The van der Waals surface area contributed by atoms with Crippen LogP contribution < -0.4 is 15.4 Å². The molecule has 0 spiro atoms. The third kappa shape index (κ3) is 5.95. The molecule has 138 valence electrons. The molecule has 2 rings (SSSR count). The van der Waals surface area contributed by atoms with Crippen molar-refractivity contribution in [3.63, 3.8) is 0 Å². The predicted molar refractivity (Wildman–Crippen MR) is 85.1 cm³/mol. The molecule has 8 heteroatoms. The van der Waals surface area contributed by atoms with Crippen LogP contribution in [0.25, 0.3) is 0 Å². The van der Waals surface area contributed by atoms with E-state index in [4.69, 9.17) is 4.74 Å². The smallest absolute Gasteiger partial charge is 0.416 e. The summed E-state index contributed by atoms with van der Waals surface area (Å²) < 4.78 is 42.8. The number of hydrogen-bond acceptors (Lipinski definition) is 3. The third-order valence-corrected chi connectivity index (χ3v) is 4.04. The molecule has 1 aromatic rings. The van der Waals surface area contributed by atoms with Crippen molar-refractivity contribution in [3.05, 3.63) is 29.8 Å². The number of carbonyl (C=O) groups excluding carboxylic acids is 2. The number of nitrogens with one attached hydrogen (secondary N) is 2. The summed E-state index contributed by atoms with van der Waals surface area (Å²) in [6.07, 6.45) is -0.430. The Bertz CT molecular complexity index is 596. The Labute approximate surface area is 143 Å². The molecule has 1 fully saturated rings. The van der Waals surface area contributed by atoms with Crippen LogP contribution in [0, 0.1) is 0 Å². The first-order chi connectivity index (χ1) is 11.8. The van der Waals surface area contributed by atoms with Crippen molar-refractivity contribution in [2.24, 2.45) is 0 Å². The summed E-state index contributed by atoms with van der Waals surface area (Å²) >= 11 is 0. The largest absolute Gasteiger partial charge is 0.481 e. The van der Waals surface area contributed by atoms with E-state index in [1.165, 1.54) is 6.92 Å². The van der Waals surface area contributed by atoms with Gasteiger partial charge >= 0.3 is 12.2 Å². The van der Waals surface area contributed by atoms with Gasteiger partial charge in [-0.05, 0) is 44.0 Å².